The third-order valence-electron chi connectivity index (χ3n) is 3.22. The standard InChI is InChI=1S/C13H23NO4/c1-12(2,3)18-11(17)14-9-6-5-7-13(4,8-9)10(15)16/h9H,5-8H2,1-4H3,(H,14,17)(H,15,16)/t9?,13-/m1/s1. The molecule has 1 saturated carbocycles. The topological polar surface area (TPSA) is 75.6 Å². The van der Waals surface area contributed by atoms with Gasteiger partial charge in [-0.3, -0.25) is 4.79 Å². The molecule has 2 N–H and O–H groups in total. The number of alkyl carbamates (subject to hydrolysis) is 1. The van der Waals surface area contributed by atoms with Gasteiger partial charge in [-0.2, -0.15) is 0 Å². The highest BCUT2D eigenvalue weighted by molar-refractivity contribution is 5.74. The number of ether oxygens (including phenoxy) is 1. The van der Waals surface area contributed by atoms with Crippen molar-refractivity contribution in [1.82, 2.24) is 5.32 Å². The summed E-state index contributed by atoms with van der Waals surface area (Å²) in [6.07, 6.45) is 2.27. The fraction of sp³-hybridized carbons (Fsp3) is 0.846. The van der Waals surface area contributed by atoms with E-state index in [1.165, 1.54) is 0 Å². The molecule has 1 unspecified atom stereocenters. The molecule has 0 aliphatic heterocycles. The van der Waals surface area contributed by atoms with Crippen LogP contribution >= 0.6 is 0 Å². The second kappa shape index (κ2) is 5.16. The van der Waals surface area contributed by atoms with E-state index < -0.39 is 23.1 Å². The Labute approximate surface area is 108 Å². The van der Waals surface area contributed by atoms with Crippen molar-refractivity contribution >= 4 is 12.1 Å². The van der Waals surface area contributed by atoms with Crippen molar-refractivity contribution in [3.8, 4) is 0 Å². The Morgan fingerprint density at radius 2 is 2.00 bits per heavy atom. The Bertz CT molecular complexity index is 334. The first kappa shape index (κ1) is 14.8. The van der Waals surface area contributed by atoms with Crippen molar-refractivity contribution in [2.75, 3.05) is 0 Å². The van der Waals surface area contributed by atoms with Gasteiger partial charge in [0.05, 0.1) is 5.41 Å². The zero-order valence-electron chi connectivity index (χ0n) is 11.6. The van der Waals surface area contributed by atoms with E-state index in [-0.39, 0.29) is 6.04 Å². The van der Waals surface area contributed by atoms with Gasteiger partial charge in [-0.1, -0.05) is 6.42 Å². The quantitative estimate of drug-likeness (QED) is 0.797. The SMILES string of the molecule is CC(C)(C)OC(=O)NC1CCC[C@@](C)(C(=O)O)C1. The van der Waals surface area contributed by atoms with Crippen molar-refractivity contribution in [2.45, 2.75) is 65.0 Å². The molecule has 0 aromatic heterocycles. The van der Waals surface area contributed by atoms with Gasteiger partial charge in [-0.15, -0.1) is 0 Å². The molecule has 0 aromatic rings. The zero-order valence-corrected chi connectivity index (χ0v) is 11.6. The maximum atomic E-state index is 11.6. The number of carbonyl (C=O) groups excluding carboxylic acids is 1. The summed E-state index contributed by atoms with van der Waals surface area (Å²) < 4.78 is 5.17. The molecule has 5 nitrogen and oxygen atoms in total. The molecule has 18 heavy (non-hydrogen) atoms. The van der Waals surface area contributed by atoms with Crippen LogP contribution in [-0.4, -0.2) is 28.8 Å². The summed E-state index contributed by atoms with van der Waals surface area (Å²) in [5.41, 5.74) is -1.27. The second-order valence-electron chi connectivity index (χ2n) is 6.31. The van der Waals surface area contributed by atoms with Crippen LogP contribution in [0.25, 0.3) is 0 Å². The van der Waals surface area contributed by atoms with Gasteiger partial charge in [0.2, 0.25) is 0 Å². The number of carboxylic acids is 1. The minimum Gasteiger partial charge on any atom is -0.481 e. The molecule has 0 saturated heterocycles. The molecule has 1 rings (SSSR count). The van der Waals surface area contributed by atoms with E-state index in [9.17, 15) is 14.7 Å². The molecule has 1 aliphatic rings. The van der Waals surface area contributed by atoms with Gasteiger partial charge in [0.25, 0.3) is 0 Å². The molecule has 0 aromatic carbocycles. The van der Waals surface area contributed by atoms with E-state index >= 15 is 0 Å². The van der Waals surface area contributed by atoms with Crippen LogP contribution in [0.2, 0.25) is 0 Å². The van der Waals surface area contributed by atoms with E-state index in [4.69, 9.17) is 4.74 Å². The van der Waals surface area contributed by atoms with Gasteiger partial charge in [0, 0.05) is 6.04 Å². The number of hydrogen-bond donors (Lipinski definition) is 2. The maximum absolute atomic E-state index is 11.6. The van der Waals surface area contributed by atoms with E-state index in [1.54, 1.807) is 27.7 Å². The predicted octanol–water partition coefficient (Wildman–Crippen LogP) is 2.54. The monoisotopic (exact) mass is 257 g/mol. The van der Waals surface area contributed by atoms with Crippen molar-refractivity contribution in [3.05, 3.63) is 0 Å². The van der Waals surface area contributed by atoms with E-state index in [0.29, 0.717) is 12.8 Å². The number of carbonyl (C=O) groups is 2. The average molecular weight is 257 g/mol. The Hall–Kier alpha value is -1.26. The number of aliphatic carboxylic acids is 1. The minimum absolute atomic E-state index is 0.116. The van der Waals surface area contributed by atoms with Crippen LogP contribution in [0.4, 0.5) is 4.79 Å². The maximum Gasteiger partial charge on any atom is 0.407 e. The summed E-state index contributed by atoms with van der Waals surface area (Å²) in [7, 11) is 0. The first-order chi connectivity index (χ1) is 8.12. The molecular formula is C13H23NO4. The zero-order chi connectivity index (χ0) is 14.0. The normalized spacial score (nSPS) is 28.6. The lowest BCUT2D eigenvalue weighted by Crippen LogP contribution is -2.45. The minimum atomic E-state index is -0.793. The largest absolute Gasteiger partial charge is 0.481 e. The van der Waals surface area contributed by atoms with Gasteiger partial charge < -0.3 is 15.2 Å². The molecule has 5 heteroatoms. The Kier molecular flexibility index (Phi) is 4.24. The molecule has 0 radical (unpaired) electrons. The molecule has 1 amide bonds. The molecule has 2 atom stereocenters. The summed E-state index contributed by atoms with van der Waals surface area (Å²) in [5, 5.41) is 12.0. The molecular weight excluding hydrogens is 234 g/mol. The van der Waals surface area contributed by atoms with Gasteiger partial charge in [0.1, 0.15) is 5.60 Å². The molecule has 0 spiro atoms. The van der Waals surface area contributed by atoms with Crippen LogP contribution < -0.4 is 5.32 Å². The summed E-state index contributed by atoms with van der Waals surface area (Å²) in [5.74, 6) is -0.793. The van der Waals surface area contributed by atoms with E-state index in [2.05, 4.69) is 5.32 Å². The van der Waals surface area contributed by atoms with E-state index in [0.717, 1.165) is 12.8 Å². The summed E-state index contributed by atoms with van der Waals surface area (Å²) in [4.78, 5) is 22.8. The molecule has 0 heterocycles. The highest BCUT2D eigenvalue weighted by Crippen LogP contribution is 2.36. The van der Waals surface area contributed by atoms with Gasteiger partial charge >= 0.3 is 12.1 Å². The summed E-state index contributed by atoms with van der Waals surface area (Å²) in [6.45, 7) is 7.14. The third-order valence-corrected chi connectivity index (χ3v) is 3.22. The first-order valence-electron chi connectivity index (χ1n) is 6.35. The third kappa shape index (κ3) is 4.20. The number of amides is 1. The van der Waals surface area contributed by atoms with Crippen LogP contribution in [0.3, 0.4) is 0 Å². The number of carboxylic acid groups (broad SMARTS) is 1. The van der Waals surface area contributed by atoms with Crippen LogP contribution in [0.15, 0.2) is 0 Å². The summed E-state index contributed by atoms with van der Waals surface area (Å²) in [6, 6.07) is -0.116. The van der Waals surface area contributed by atoms with Crippen molar-refractivity contribution in [3.63, 3.8) is 0 Å². The van der Waals surface area contributed by atoms with Crippen molar-refractivity contribution < 1.29 is 19.4 Å². The summed E-state index contributed by atoms with van der Waals surface area (Å²) >= 11 is 0. The molecule has 1 fully saturated rings. The number of nitrogens with one attached hydrogen (secondary N) is 1. The highest BCUT2D eigenvalue weighted by atomic mass is 16.6. The first-order valence-corrected chi connectivity index (χ1v) is 6.35. The highest BCUT2D eigenvalue weighted by Gasteiger charge is 2.39. The smallest absolute Gasteiger partial charge is 0.407 e. The molecule has 1 aliphatic carbocycles. The lowest BCUT2D eigenvalue weighted by atomic mass is 9.73. The lowest BCUT2D eigenvalue weighted by molar-refractivity contribution is -0.150. The fourth-order valence-electron chi connectivity index (χ4n) is 2.28. The van der Waals surface area contributed by atoms with Crippen molar-refractivity contribution in [1.29, 1.82) is 0 Å². The Morgan fingerprint density at radius 3 is 2.50 bits per heavy atom. The van der Waals surface area contributed by atoms with Crippen LogP contribution in [-0.2, 0) is 9.53 Å². The molecule has 104 valence electrons. The van der Waals surface area contributed by atoms with Gasteiger partial charge in [-0.05, 0) is 47.0 Å². The number of hydrogen-bond acceptors (Lipinski definition) is 3. The lowest BCUT2D eigenvalue weighted by Gasteiger charge is -2.35. The van der Waals surface area contributed by atoms with E-state index in [1.807, 2.05) is 0 Å². The van der Waals surface area contributed by atoms with Gasteiger partial charge in [-0.25, -0.2) is 4.79 Å². The average Bonchev–Trinajstić information content (AvgIpc) is 2.13. The predicted molar refractivity (Wildman–Crippen MR) is 67.4 cm³/mol. The van der Waals surface area contributed by atoms with Crippen LogP contribution in [0, 0.1) is 5.41 Å². The van der Waals surface area contributed by atoms with Crippen LogP contribution in [0.1, 0.15) is 53.4 Å². The molecule has 0 bridgehead atoms. The fourth-order valence-corrected chi connectivity index (χ4v) is 2.28. The Morgan fingerprint density at radius 1 is 1.39 bits per heavy atom. The van der Waals surface area contributed by atoms with Crippen LogP contribution in [0.5, 0.6) is 0 Å². The number of rotatable bonds is 2. The second-order valence-corrected chi connectivity index (χ2v) is 6.31. The van der Waals surface area contributed by atoms with Gasteiger partial charge in [0.15, 0.2) is 0 Å². The Balaban J connectivity index is 2.53. The van der Waals surface area contributed by atoms with Crippen molar-refractivity contribution in [2.24, 2.45) is 5.41 Å².